The van der Waals surface area contributed by atoms with E-state index >= 15 is 0 Å². The number of nitrogens with zero attached hydrogens (tertiary/aromatic N) is 2. The number of methoxy groups -OCH3 is 1. The number of ether oxygens (including phenoxy) is 1. The highest BCUT2D eigenvalue weighted by molar-refractivity contribution is 7.92. The van der Waals surface area contributed by atoms with Crippen molar-refractivity contribution in [1.82, 2.24) is 5.01 Å². The number of carbonyl (C=O) groups excluding carboxylic acids is 1. The van der Waals surface area contributed by atoms with Crippen molar-refractivity contribution in [2.75, 3.05) is 24.7 Å². The van der Waals surface area contributed by atoms with Crippen LogP contribution in [0.4, 0.5) is 10.1 Å². The number of sulfonamides is 1. The van der Waals surface area contributed by atoms with Crippen molar-refractivity contribution in [3.05, 3.63) is 65.5 Å². The molecular weight excluding hydrogens is 385 g/mol. The lowest BCUT2D eigenvalue weighted by Crippen LogP contribution is -2.30. The van der Waals surface area contributed by atoms with Gasteiger partial charge in [-0.05, 0) is 23.8 Å². The highest BCUT2D eigenvalue weighted by Crippen LogP contribution is 2.34. The number of anilines is 1. The molecule has 0 saturated carbocycles. The second kappa shape index (κ2) is 8.07. The second-order valence-corrected chi connectivity index (χ2v) is 8.16. The van der Waals surface area contributed by atoms with E-state index in [0.29, 0.717) is 28.9 Å². The molecule has 1 unspecified atom stereocenters. The molecule has 0 saturated heterocycles. The van der Waals surface area contributed by atoms with Crippen LogP contribution in [0.5, 0.6) is 0 Å². The van der Waals surface area contributed by atoms with Crippen LogP contribution < -0.4 is 4.72 Å². The molecular formula is C19H20FN3O4S. The van der Waals surface area contributed by atoms with Crippen molar-refractivity contribution in [3.63, 3.8) is 0 Å². The van der Waals surface area contributed by atoms with Gasteiger partial charge in [0.1, 0.15) is 12.4 Å². The molecule has 1 aliphatic heterocycles. The summed E-state index contributed by atoms with van der Waals surface area (Å²) < 4.78 is 44.3. The first-order chi connectivity index (χ1) is 13.3. The lowest BCUT2D eigenvalue weighted by molar-refractivity contribution is -0.137. The summed E-state index contributed by atoms with van der Waals surface area (Å²) in [5.41, 5.74) is 2.11. The molecule has 148 valence electrons. The van der Waals surface area contributed by atoms with Gasteiger partial charge in [0.15, 0.2) is 0 Å². The molecule has 1 aliphatic rings. The van der Waals surface area contributed by atoms with Crippen LogP contribution in [0.2, 0.25) is 0 Å². The zero-order chi connectivity index (χ0) is 20.3. The maximum atomic E-state index is 14.3. The molecule has 0 radical (unpaired) electrons. The molecule has 0 aliphatic carbocycles. The molecule has 0 aromatic heterocycles. The molecule has 9 heteroatoms. The van der Waals surface area contributed by atoms with Crippen molar-refractivity contribution in [1.29, 1.82) is 0 Å². The summed E-state index contributed by atoms with van der Waals surface area (Å²) in [5, 5.41) is 5.65. The van der Waals surface area contributed by atoms with Crippen LogP contribution in [0, 0.1) is 5.82 Å². The summed E-state index contributed by atoms with van der Waals surface area (Å²) in [6.07, 6.45) is 1.40. The average molecular weight is 405 g/mol. The first kappa shape index (κ1) is 20.0. The van der Waals surface area contributed by atoms with Gasteiger partial charge in [0.25, 0.3) is 5.91 Å². The van der Waals surface area contributed by atoms with Crippen molar-refractivity contribution in [2.24, 2.45) is 5.10 Å². The second-order valence-electron chi connectivity index (χ2n) is 6.41. The Hall–Kier alpha value is -2.78. The Bertz CT molecular complexity index is 1010. The SMILES string of the molecule is COCC(=O)N1N=C(c2ccc(NS(C)(=O)=O)cc2)CC1c1ccccc1F. The zero-order valence-electron chi connectivity index (χ0n) is 15.4. The Morgan fingerprint density at radius 2 is 1.93 bits per heavy atom. The fourth-order valence-electron chi connectivity index (χ4n) is 3.04. The Labute approximate surface area is 162 Å². The molecule has 7 nitrogen and oxygen atoms in total. The summed E-state index contributed by atoms with van der Waals surface area (Å²) in [5.74, 6) is -0.784. The minimum Gasteiger partial charge on any atom is -0.375 e. The van der Waals surface area contributed by atoms with Gasteiger partial charge in [0.2, 0.25) is 10.0 Å². The Kier molecular flexibility index (Phi) is 5.76. The van der Waals surface area contributed by atoms with Crippen LogP contribution in [0.3, 0.4) is 0 Å². The predicted octanol–water partition coefficient (Wildman–Crippen LogP) is 2.52. The van der Waals surface area contributed by atoms with Crippen LogP contribution in [0.25, 0.3) is 0 Å². The maximum absolute atomic E-state index is 14.3. The van der Waals surface area contributed by atoms with Gasteiger partial charge < -0.3 is 4.74 Å². The van der Waals surface area contributed by atoms with Crippen LogP contribution in [-0.2, 0) is 19.6 Å². The van der Waals surface area contributed by atoms with Gasteiger partial charge in [-0.1, -0.05) is 30.3 Å². The predicted molar refractivity (Wildman–Crippen MR) is 104 cm³/mol. The third-order valence-corrected chi connectivity index (χ3v) is 4.83. The Morgan fingerprint density at radius 3 is 2.54 bits per heavy atom. The van der Waals surface area contributed by atoms with E-state index in [2.05, 4.69) is 9.82 Å². The Morgan fingerprint density at radius 1 is 1.25 bits per heavy atom. The smallest absolute Gasteiger partial charge is 0.269 e. The Balaban J connectivity index is 1.90. The number of hydrazone groups is 1. The van der Waals surface area contributed by atoms with E-state index in [1.54, 1.807) is 42.5 Å². The summed E-state index contributed by atoms with van der Waals surface area (Å²) in [4.78, 5) is 12.4. The van der Waals surface area contributed by atoms with Crippen molar-refractivity contribution in [2.45, 2.75) is 12.5 Å². The standard InChI is InChI=1S/C19H20FN3O4S/c1-27-12-19(24)23-18(15-5-3-4-6-16(15)20)11-17(21-23)13-7-9-14(10-8-13)22-28(2,25)26/h3-10,18,22H,11-12H2,1-2H3. The zero-order valence-corrected chi connectivity index (χ0v) is 16.2. The van der Waals surface area contributed by atoms with Crippen molar-refractivity contribution >= 4 is 27.3 Å². The van der Waals surface area contributed by atoms with Gasteiger partial charge >= 0.3 is 0 Å². The molecule has 3 rings (SSSR count). The molecule has 1 heterocycles. The van der Waals surface area contributed by atoms with Crippen molar-refractivity contribution < 1.29 is 22.3 Å². The largest absolute Gasteiger partial charge is 0.375 e. The van der Waals surface area contributed by atoms with Crippen LogP contribution >= 0.6 is 0 Å². The van der Waals surface area contributed by atoms with Gasteiger partial charge in [-0.15, -0.1) is 0 Å². The first-order valence-corrected chi connectivity index (χ1v) is 10.4. The molecule has 28 heavy (non-hydrogen) atoms. The van der Waals surface area contributed by atoms with Gasteiger partial charge in [-0.3, -0.25) is 9.52 Å². The number of benzene rings is 2. The number of halogens is 1. The molecule has 0 bridgehead atoms. The highest BCUT2D eigenvalue weighted by atomic mass is 32.2. The van der Waals surface area contributed by atoms with Crippen molar-refractivity contribution in [3.8, 4) is 0 Å². The quantitative estimate of drug-likeness (QED) is 0.800. The van der Waals surface area contributed by atoms with E-state index in [-0.39, 0.29) is 12.5 Å². The topological polar surface area (TPSA) is 88.1 Å². The molecule has 1 N–H and O–H groups in total. The van der Waals surface area contributed by atoms with E-state index < -0.39 is 21.9 Å². The lowest BCUT2D eigenvalue weighted by Gasteiger charge is -2.22. The van der Waals surface area contributed by atoms with Gasteiger partial charge in [-0.25, -0.2) is 17.8 Å². The summed E-state index contributed by atoms with van der Waals surface area (Å²) in [6, 6.07) is 12.3. The fourth-order valence-corrected chi connectivity index (χ4v) is 3.60. The number of amides is 1. The maximum Gasteiger partial charge on any atom is 0.269 e. The number of nitrogens with one attached hydrogen (secondary N) is 1. The third kappa shape index (κ3) is 4.55. The summed E-state index contributed by atoms with van der Waals surface area (Å²) in [6.45, 7) is -0.168. The lowest BCUT2D eigenvalue weighted by atomic mass is 9.98. The highest BCUT2D eigenvalue weighted by Gasteiger charge is 2.34. The molecule has 2 aromatic rings. The first-order valence-electron chi connectivity index (χ1n) is 8.49. The molecule has 2 aromatic carbocycles. The molecule has 0 fully saturated rings. The van der Waals surface area contributed by atoms with Gasteiger partial charge in [0, 0.05) is 24.8 Å². The number of hydrogen-bond acceptors (Lipinski definition) is 5. The fraction of sp³-hybridized carbons (Fsp3) is 0.263. The van der Waals surface area contributed by atoms with Gasteiger partial charge in [0.05, 0.1) is 18.0 Å². The van der Waals surface area contributed by atoms with Crippen LogP contribution in [-0.4, -0.2) is 45.0 Å². The molecule has 1 atom stereocenters. The number of rotatable bonds is 6. The van der Waals surface area contributed by atoms with Crippen LogP contribution in [0.15, 0.2) is 53.6 Å². The minimum atomic E-state index is -3.37. The van der Waals surface area contributed by atoms with Gasteiger partial charge in [-0.2, -0.15) is 5.10 Å². The number of carbonyl (C=O) groups is 1. The summed E-state index contributed by atoms with van der Waals surface area (Å²) >= 11 is 0. The van der Waals surface area contributed by atoms with E-state index in [0.717, 1.165) is 6.26 Å². The normalized spacial score (nSPS) is 16.8. The van der Waals surface area contributed by atoms with E-state index in [4.69, 9.17) is 4.74 Å². The average Bonchev–Trinajstić information content (AvgIpc) is 3.07. The molecule has 0 spiro atoms. The van der Waals surface area contributed by atoms with E-state index in [1.807, 2.05) is 0 Å². The number of hydrogen-bond donors (Lipinski definition) is 1. The summed E-state index contributed by atoms with van der Waals surface area (Å²) in [7, 11) is -1.97. The third-order valence-electron chi connectivity index (χ3n) is 4.22. The monoisotopic (exact) mass is 405 g/mol. The molecule has 1 amide bonds. The van der Waals surface area contributed by atoms with E-state index in [9.17, 15) is 17.6 Å². The van der Waals surface area contributed by atoms with Crippen LogP contribution in [0.1, 0.15) is 23.6 Å². The van der Waals surface area contributed by atoms with E-state index in [1.165, 1.54) is 18.2 Å². The minimum absolute atomic E-state index is 0.168.